The van der Waals surface area contributed by atoms with Crippen molar-refractivity contribution in [2.24, 2.45) is 0 Å². The molecular formula is C29H43NO4. The highest BCUT2D eigenvalue weighted by Crippen LogP contribution is 2.36. The Morgan fingerprint density at radius 1 is 0.912 bits per heavy atom. The molecule has 0 saturated carbocycles. The van der Waals surface area contributed by atoms with Crippen LogP contribution in [0.4, 0.5) is 10.5 Å². The van der Waals surface area contributed by atoms with Gasteiger partial charge >= 0.3 is 6.09 Å². The molecule has 1 amide bonds. The first-order valence-corrected chi connectivity index (χ1v) is 12.7. The van der Waals surface area contributed by atoms with Gasteiger partial charge in [-0.2, -0.15) is 0 Å². The predicted octanol–water partition coefficient (Wildman–Crippen LogP) is 8.32. The highest BCUT2D eigenvalue weighted by molar-refractivity contribution is 5.84. The number of amides is 1. The predicted molar refractivity (Wildman–Crippen MR) is 139 cm³/mol. The molecule has 188 valence electrons. The summed E-state index contributed by atoms with van der Waals surface area (Å²) >= 11 is 0. The smallest absolute Gasteiger partial charge is 0.411 e. The molecule has 0 saturated heterocycles. The normalized spacial score (nSPS) is 12.9. The lowest BCUT2D eigenvalue weighted by molar-refractivity contribution is -0.418. The van der Waals surface area contributed by atoms with Gasteiger partial charge in [-0.25, -0.2) is 14.6 Å². The molecule has 0 fully saturated rings. The lowest BCUT2D eigenvalue weighted by Gasteiger charge is -2.37. The van der Waals surface area contributed by atoms with Crippen LogP contribution in [0.15, 0.2) is 54.6 Å². The monoisotopic (exact) mass is 469 g/mol. The van der Waals surface area contributed by atoms with Crippen molar-refractivity contribution in [2.45, 2.75) is 104 Å². The molecule has 2 aromatic rings. The zero-order chi connectivity index (χ0) is 25.0. The quantitative estimate of drug-likeness (QED) is 0.223. The highest BCUT2D eigenvalue weighted by Gasteiger charge is 2.37. The Hall–Kier alpha value is -2.37. The van der Waals surface area contributed by atoms with E-state index >= 15 is 0 Å². The molecule has 5 heteroatoms. The maximum absolute atomic E-state index is 12.5. The van der Waals surface area contributed by atoms with Crippen LogP contribution in [0.5, 0.6) is 0 Å². The second kappa shape index (κ2) is 13.5. The molecule has 1 N–H and O–H groups in total. The minimum absolute atomic E-state index is 0.331. The highest BCUT2D eigenvalue weighted by atomic mass is 17.2. The van der Waals surface area contributed by atoms with E-state index in [0.29, 0.717) is 6.42 Å². The second-order valence-corrected chi connectivity index (χ2v) is 9.84. The summed E-state index contributed by atoms with van der Waals surface area (Å²) in [5.74, 6) is 0. The van der Waals surface area contributed by atoms with Gasteiger partial charge in [-0.05, 0) is 58.2 Å². The number of nitrogens with one attached hydrogen (secondary N) is 1. The maximum Gasteiger partial charge on any atom is 0.411 e. The second-order valence-electron chi connectivity index (χ2n) is 9.84. The van der Waals surface area contributed by atoms with Gasteiger partial charge in [0.2, 0.25) is 0 Å². The van der Waals surface area contributed by atoms with E-state index in [1.54, 1.807) is 0 Å². The van der Waals surface area contributed by atoms with Crippen LogP contribution in [0.25, 0.3) is 0 Å². The summed E-state index contributed by atoms with van der Waals surface area (Å²) in [6.45, 7) is 12.3. The molecule has 0 heterocycles. The number of anilines is 1. The molecule has 0 bridgehead atoms. The zero-order valence-corrected chi connectivity index (χ0v) is 21.9. The molecule has 0 aliphatic heterocycles. The van der Waals surface area contributed by atoms with E-state index in [1.807, 2.05) is 82.3 Å². The van der Waals surface area contributed by atoms with Crippen molar-refractivity contribution in [1.82, 2.24) is 0 Å². The zero-order valence-electron chi connectivity index (χ0n) is 21.9. The van der Waals surface area contributed by atoms with Crippen molar-refractivity contribution in [3.05, 3.63) is 65.7 Å². The molecule has 0 aliphatic rings. The number of hydrogen-bond acceptors (Lipinski definition) is 4. The summed E-state index contributed by atoms with van der Waals surface area (Å²) in [6.07, 6.45) is 5.62. The molecule has 2 aromatic carbocycles. The van der Waals surface area contributed by atoms with E-state index in [4.69, 9.17) is 14.5 Å². The third-order valence-electron chi connectivity index (χ3n) is 6.13. The van der Waals surface area contributed by atoms with Gasteiger partial charge in [0.25, 0.3) is 0 Å². The summed E-state index contributed by atoms with van der Waals surface area (Å²) in [5.41, 5.74) is 1.78. The number of hydrogen-bond donors (Lipinski definition) is 1. The van der Waals surface area contributed by atoms with Gasteiger partial charge in [0, 0.05) is 12.1 Å². The molecule has 0 aliphatic carbocycles. The Morgan fingerprint density at radius 2 is 1.50 bits per heavy atom. The standard InChI is InChI=1S/C29H43NO4/c1-7-9-20-29(21-10-8-2,34-33-28(5,6)25-14-12-11-13-15-25)22-24(4)32-27(31)30-26-18-16-23(3)17-19-26/h11-19,24H,7-10,20-22H2,1-6H3,(H,30,31). The molecule has 5 nitrogen and oxygen atoms in total. The van der Waals surface area contributed by atoms with Crippen LogP contribution in [0, 0.1) is 6.92 Å². The van der Waals surface area contributed by atoms with Crippen LogP contribution in [-0.2, 0) is 20.1 Å². The number of aryl methyl sites for hydroxylation is 1. The summed E-state index contributed by atoms with van der Waals surface area (Å²) < 4.78 is 5.73. The molecule has 1 atom stereocenters. The van der Waals surface area contributed by atoms with Crippen molar-refractivity contribution in [2.75, 3.05) is 5.32 Å². The Morgan fingerprint density at radius 3 is 2.06 bits per heavy atom. The number of carbonyl (C=O) groups excluding carboxylic acids is 1. The first-order chi connectivity index (χ1) is 16.2. The fraction of sp³-hybridized carbons (Fsp3) is 0.552. The average Bonchev–Trinajstić information content (AvgIpc) is 2.82. The summed E-state index contributed by atoms with van der Waals surface area (Å²) in [5, 5.41) is 2.82. The van der Waals surface area contributed by atoms with Crippen LogP contribution in [0.3, 0.4) is 0 Å². The first kappa shape index (κ1) is 27.9. The van der Waals surface area contributed by atoms with Crippen LogP contribution in [-0.4, -0.2) is 17.8 Å². The van der Waals surface area contributed by atoms with Crippen LogP contribution < -0.4 is 5.32 Å². The summed E-state index contributed by atoms with van der Waals surface area (Å²) in [4.78, 5) is 25.0. The Balaban J connectivity index is 2.10. The number of unbranched alkanes of at least 4 members (excludes halogenated alkanes) is 2. The minimum Gasteiger partial charge on any atom is -0.446 e. The maximum atomic E-state index is 12.5. The number of rotatable bonds is 14. The largest absolute Gasteiger partial charge is 0.446 e. The third kappa shape index (κ3) is 9.11. The lowest BCUT2D eigenvalue weighted by atomic mass is 9.86. The van der Waals surface area contributed by atoms with E-state index in [1.165, 1.54) is 0 Å². The number of ether oxygens (including phenoxy) is 1. The summed E-state index contributed by atoms with van der Waals surface area (Å²) in [7, 11) is 0. The van der Waals surface area contributed by atoms with Crippen LogP contribution in [0.2, 0.25) is 0 Å². The van der Waals surface area contributed by atoms with Gasteiger partial charge < -0.3 is 4.74 Å². The van der Waals surface area contributed by atoms with Gasteiger partial charge in [0.1, 0.15) is 17.3 Å². The number of carbonyl (C=O) groups is 1. The molecule has 0 radical (unpaired) electrons. The Labute approximate surface area is 206 Å². The van der Waals surface area contributed by atoms with Crippen molar-refractivity contribution < 1.29 is 19.3 Å². The average molecular weight is 470 g/mol. The van der Waals surface area contributed by atoms with Gasteiger partial charge in [0.05, 0.1) is 0 Å². The van der Waals surface area contributed by atoms with Crippen molar-refractivity contribution >= 4 is 11.8 Å². The SMILES string of the molecule is CCCCC(CCCC)(CC(C)OC(=O)Nc1ccc(C)cc1)OOC(C)(C)c1ccccc1. The van der Waals surface area contributed by atoms with Crippen molar-refractivity contribution in [3.63, 3.8) is 0 Å². The Bertz CT molecular complexity index is 840. The summed E-state index contributed by atoms with van der Waals surface area (Å²) in [6, 6.07) is 17.8. The third-order valence-corrected chi connectivity index (χ3v) is 6.13. The van der Waals surface area contributed by atoms with Gasteiger partial charge in [-0.1, -0.05) is 87.6 Å². The molecule has 0 aromatic heterocycles. The Kier molecular flexibility index (Phi) is 11.1. The van der Waals surface area contributed by atoms with E-state index in [9.17, 15) is 4.79 Å². The van der Waals surface area contributed by atoms with E-state index in [2.05, 4.69) is 19.2 Å². The fourth-order valence-corrected chi connectivity index (χ4v) is 4.06. The van der Waals surface area contributed by atoms with Crippen LogP contribution >= 0.6 is 0 Å². The lowest BCUT2D eigenvalue weighted by Crippen LogP contribution is -2.40. The van der Waals surface area contributed by atoms with Crippen LogP contribution in [0.1, 0.15) is 90.7 Å². The van der Waals surface area contributed by atoms with Gasteiger partial charge in [0.15, 0.2) is 0 Å². The molecule has 2 rings (SSSR count). The van der Waals surface area contributed by atoms with E-state index in [-0.39, 0.29) is 6.10 Å². The molecule has 1 unspecified atom stereocenters. The fourth-order valence-electron chi connectivity index (χ4n) is 4.06. The molecule has 0 spiro atoms. The topological polar surface area (TPSA) is 56.8 Å². The van der Waals surface area contributed by atoms with E-state index < -0.39 is 17.3 Å². The van der Waals surface area contributed by atoms with E-state index in [0.717, 1.165) is 55.3 Å². The van der Waals surface area contributed by atoms with Gasteiger partial charge in [-0.15, -0.1) is 0 Å². The van der Waals surface area contributed by atoms with Crippen molar-refractivity contribution in [3.8, 4) is 0 Å². The minimum atomic E-state index is -0.599. The van der Waals surface area contributed by atoms with Gasteiger partial charge in [-0.3, -0.25) is 5.32 Å². The molecule has 34 heavy (non-hydrogen) atoms. The number of benzene rings is 2. The van der Waals surface area contributed by atoms with Crippen molar-refractivity contribution in [1.29, 1.82) is 0 Å². The molecular weight excluding hydrogens is 426 g/mol. The first-order valence-electron chi connectivity index (χ1n) is 12.7.